The highest BCUT2D eigenvalue weighted by Crippen LogP contribution is 2.21. The quantitative estimate of drug-likeness (QED) is 0.798. The Morgan fingerprint density at radius 3 is 2.33 bits per heavy atom. The highest BCUT2D eigenvalue weighted by molar-refractivity contribution is 7.90. The van der Waals surface area contributed by atoms with Crippen LogP contribution in [-0.4, -0.2) is 26.2 Å². The van der Waals surface area contributed by atoms with Gasteiger partial charge < -0.3 is 5.73 Å². The van der Waals surface area contributed by atoms with E-state index in [1.165, 1.54) is 0 Å². The zero-order valence-electron chi connectivity index (χ0n) is 10.7. The van der Waals surface area contributed by atoms with Gasteiger partial charge in [-0.2, -0.15) is 0 Å². The summed E-state index contributed by atoms with van der Waals surface area (Å²) < 4.78 is 21.9. The summed E-state index contributed by atoms with van der Waals surface area (Å²) in [5.74, 6) is -0.0114. The second-order valence-electron chi connectivity index (χ2n) is 4.69. The number of nitrogen functional groups attached to an aromatic ring is 1. The van der Waals surface area contributed by atoms with E-state index in [1.54, 1.807) is 12.1 Å². The van der Waals surface area contributed by atoms with Crippen molar-refractivity contribution in [3.63, 3.8) is 0 Å². The second-order valence-corrected chi connectivity index (χ2v) is 6.95. The molecule has 100 valence electrons. The van der Waals surface area contributed by atoms with Crippen LogP contribution >= 0.6 is 0 Å². The molecule has 2 N–H and O–H groups in total. The van der Waals surface area contributed by atoms with Gasteiger partial charge in [0.1, 0.15) is 15.6 Å². The average Bonchev–Trinajstić information content (AvgIpc) is 2.26. The predicted octanol–water partition coefficient (Wildman–Crippen LogP) is 1.77. The van der Waals surface area contributed by atoms with Gasteiger partial charge in [-0.1, -0.05) is 19.1 Å². The first-order valence-corrected chi connectivity index (χ1v) is 7.89. The zero-order valence-corrected chi connectivity index (χ0v) is 11.5. The summed E-state index contributed by atoms with van der Waals surface area (Å²) in [5, 5.41) is 0. The maximum atomic E-state index is 11.7. The Bertz CT molecular complexity index is 506. The van der Waals surface area contributed by atoms with Crippen LogP contribution in [0.2, 0.25) is 0 Å². The van der Waals surface area contributed by atoms with E-state index >= 15 is 0 Å². The molecule has 0 heterocycles. The van der Waals surface area contributed by atoms with Gasteiger partial charge in [0.2, 0.25) is 0 Å². The van der Waals surface area contributed by atoms with Crippen LogP contribution in [0.1, 0.15) is 31.2 Å². The van der Waals surface area contributed by atoms with Crippen molar-refractivity contribution in [1.29, 1.82) is 0 Å². The molecule has 0 aliphatic rings. The molecular formula is C13H19NO3S. The Hall–Kier alpha value is -1.36. The lowest BCUT2D eigenvalue weighted by Gasteiger charge is -2.11. The van der Waals surface area contributed by atoms with Gasteiger partial charge in [-0.25, -0.2) is 8.42 Å². The number of carbonyl (C=O) groups excluding carboxylic acids is 1. The van der Waals surface area contributed by atoms with Gasteiger partial charge in [0.15, 0.2) is 0 Å². The lowest BCUT2D eigenvalue weighted by molar-refractivity contribution is -0.119. The normalized spacial score (nSPS) is 13.2. The van der Waals surface area contributed by atoms with Crippen molar-refractivity contribution in [1.82, 2.24) is 0 Å². The minimum Gasteiger partial charge on any atom is -0.399 e. The van der Waals surface area contributed by atoms with Crippen molar-refractivity contribution >= 4 is 21.3 Å². The van der Waals surface area contributed by atoms with Crippen molar-refractivity contribution < 1.29 is 13.2 Å². The Kier molecular flexibility index (Phi) is 4.90. The number of ketones is 1. The summed E-state index contributed by atoms with van der Waals surface area (Å²) in [5.41, 5.74) is 7.32. The van der Waals surface area contributed by atoms with Crippen LogP contribution in [0.25, 0.3) is 0 Å². The highest BCUT2D eigenvalue weighted by atomic mass is 32.2. The van der Waals surface area contributed by atoms with E-state index in [0.29, 0.717) is 12.1 Å². The van der Waals surface area contributed by atoms with Crippen molar-refractivity contribution in [2.75, 3.05) is 17.7 Å². The third kappa shape index (κ3) is 5.31. The van der Waals surface area contributed by atoms with Crippen molar-refractivity contribution in [2.24, 2.45) is 0 Å². The fraction of sp³-hybridized carbons (Fsp3) is 0.462. The van der Waals surface area contributed by atoms with Crippen molar-refractivity contribution in [3.8, 4) is 0 Å². The SMILES string of the molecule is CC(CC(=O)CCS(C)(=O)=O)c1ccc(N)cc1. The van der Waals surface area contributed by atoms with E-state index in [9.17, 15) is 13.2 Å². The topological polar surface area (TPSA) is 77.2 Å². The van der Waals surface area contributed by atoms with E-state index in [-0.39, 0.29) is 23.9 Å². The molecule has 1 atom stereocenters. The molecule has 0 aromatic heterocycles. The summed E-state index contributed by atoms with van der Waals surface area (Å²) in [4.78, 5) is 11.7. The van der Waals surface area contributed by atoms with Crippen LogP contribution in [0, 0.1) is 0 Å². The Morgan fingerprint density at radius 1 is 1.28 bits per heavy atom. The van der Waals surface area contributed by atoms with Gasteiger partial charge >= 0.3 is 0 Å². The van der Waals surface area contributed by atoms with Gasteiger partial charge in [0.25, 0.3) is 0 Å². The van der Waals surface area contributed by atoms with Crippen LogP contribution in [-0.2, 0) is 14.6 Å². The number of hydrogen-bond acceptors (Lipinski definition) is 4. The Labute approximate surface area is 108 Å². The molecule has 0 spiro atoms. The average molecular weight is 269 g/mol. The molecule has 0 amide bonds. The molecule has 4 nitrogen and oxygen atoms in total. The zero-order chi connectivity index (χ0) is 13.8. The van der Waals surface area contributed by atoms with Crippen LogP contribution in [0.15, 0.2) is 24.3 Å². The van der Waals surface area contributed by atoms with E-state index in [1.807, 2.05) is 19.1 Å². The third-order valence-electron chi connectivity index (χ3n) is 2.79. The molecular weight excluding hydrogens is 250 g/mol. The molecule has 0 bridgehead atoms. The van der Waals surface area contributed by atoms with Crippen LogP contribution < -0.4 is 5.73 Å². The molecule has 1 aromatic rings. The van der Waals surface area contributed by atoms with Crippen molar-refractivity contribution in [2.45, 2.75) is 25.7 Å². The van der Waals surface area contributed by atoms with Gasteiger partial charge in [-0.05, 0) is 23.6 Å². The number of carbonyl (C=O) groups is 1. The number of nitrogens with two attached hydrogens (primary N) is 1. The van der Waals surface area contributed by atoms with Gasteiger partial charge in [0.05, 0.1) is 5.75 Å². The first-order chi connectivity index (χ1) is 8.28. The number of Topliss-reactive ketones (excluding diaryl/α,β-unsaturated/α-hetero) is 1. The second kappa shape index (κ2) is 6.00. The minimum absolute atomic E-state index is 0.0234. The summed E-state index contributed by atoms with van der Waals surface area (Å²) in [6.07, 6.45) is 1.60. The number of sulfone groups is 1. The van der Waals surface area contributed by atoms with E-state index in [0.717, 1.165) is 11.8 Å². The first-order valence-electron chi connectivity index (χ1n) is 5.83. The highest BCUT2D eigenvalue weighted by Gasteiger charge is 2.13. The number of benzene rings is 1. The monoisotopic (exact) mass is 269 g/mol. The molecule has 18 heavy (non-hydrogen) atoms. The summed E-state index contributed by atoms with van der Waals surface area (Å²) in [7, 11) is -3.06. The summed E-state index contributed by atoms with van der Waals surface area (Å²) in [6, 6.07) is 7.38. The predicted molar refractivity (Wildman–Crippen MR) is 73.2 cm³/mol. The molecule has 0 aliphatic carbocycles. The standard InChI is InChI=1S/C13H19NO3S/c1-10(11-3-5-12(14)6-4-11)9-13(15)7-8-18(2,16)17/h3-6,10H,7-9,14H2,1-2H3. The van der Waals surface area contributed by atoms with Crippen LogP contribution in [0.4, 0.5) is 5.69 Å². The fourth-order valence-electron chi connectivity index (χ4n) is 1.69. The van der Waals surface area contributed by atoms with Gasteiger partial charge in [0, 0.05) is 24.8 Å². The van der Waals surface area contributed by atoms with Crippen molar-refractivity contribution in [3.05, 3.63) is 29.8 Å². The molecule has 1 rings (SSSR count). The smallest absolute Gasteiger partial charge is 0.147 e. The lowest BCUT2D eigenvalue weighted by atomic mass is 9.95. The molecule has 1 unspecified atom stereocenters. The van der Waals surface area contributed by atoms with Gasteiger partial charge in [-0.3, -0.25) is 4.79 Å². The summed E-state index contributed by atoms with van der Waals surface area (Å²) >= 11 is 0. The fourth-order valence-corrected chi connectivity index (χ4v) is 2.28. The third-order valence-corrected chi connectivity index (χ3v) is 3.74. The van der Waals surface area contributed by atoms with E-state index in [4.69, 9.17) is 5.73 Å². The minimum atomic E-state index is -3.06. The van der Waals surface area contributed by atoms with E-state index in [2.05, 4.69) is 0 Å². The van der Waals surface area contributed by atoms with E-state index < -0.39 is 9.84 Å². The molecule has 0 saturated carbocycles. The Morgan fingerprint density at radius 2 is 1.83 bits per heavy atom. The molecule has 0 saturated heterocycles. The largest absolute Gasteiger partial charge is 0.399 e. The number of rotatable bonds is 6. The Balaban J connectivity index is 2.52. The van der Waals surface area contributed by atoms with Crippen LogP contribution in [0.3, 0.4) is 0 Å². The van der Waals surface area contributed by atoms with Crippen LogP contribution in [0.5, 0.6) is 0 Å². The molecule has 5 heteroatoms. The summed E-state index contributed by atoms with van der Waals surface area (Å²) in [6.45, 7) is 1.95. The molecule has 0 aliphatic heterocycles. The molecule has 0 radical (unpaired) electrons. The maximum absolute atomic E-state index is 11.7. The number of anilines is 1. The molecule has 1 aromatic carbocycles. The van der Waals surface area contributed by atoms with Gasteiger partial charge in [-0.15, -0.1) is 0 Å². The molecule has 0 fully saturated rings. The first kappa shape index (κ1) is 14.7. The number of hydrogen-bond donors (Lipinski definition) is 1. The lowest BCUT2D eigenvalue weighted by Crippen LogP contribution is -2.11. The maximum Gasteiger partial charge on any atom is 0.147 e.